The zero-order valence-electron chi connectivity index (χ0n) is 10.6. The molecule has 0 aliphatic rings. The summed E-state index contributed by atoms with van der Waals surface area (Å²) in [6, 6.07) is 8.51. The number of nitrogens with one attached hydrogen (secondary N) is 1. The Balaban J connectivity index is 2.07. The number of phenolic OH excluding ortho intramolecular Hbond substituents is 1. The lowest BCUT2D eigenvalue weighted by molar-refractivity contribution is -0.0521. The second-order valence-corrected chi connectivity index (χ2v) is 5.07. The van der Waals surface area contributed by atoms with Gasteiger partial charge in [-0.15, -0.1) is 0 Å². The Hall–Kier alpha value is -1.89. The molecule has 0 heterocycles. The molecule has 0 amide bonds. The third-order valence-corrected chi connectivity index (χ3v) is 3.17. The van der Waals surface area contributed by atoms with Crippen LogP contribution in [0.5, 0.6) is 11.5 Å². The van der Waals surface area contributed by atoms with Crippen molar-refractivity contribution in [3.63, 3.8) is 0 Å². The molecule has 0 bridgehead atoms. The van der Waals surface area contributed by atoms with Crippen LogP contribution in [0.25, 0.3) is 0 Å². The first-order chi connectivity index (χ1) is 9.95. The summed E-state index contributed by atoms with van der Waals surface area (Å²) in [6.07, 6.45) is 0. The molecule has 2 aromatic rings. The number of hydrogen-bond donors (Lipinski definition) is 2. The Morgan fingerprint density at radius 3 is 2.62 bits per heavy atom. The van der Waals surface area contributed by atoms with Crippen LogP contribution in [0.15, 0.2) is 40.9 Å². The van der Waals surface area contributed by atoms with Crippen molar-refractivity contribution in [2.45, 2.75) is 13.2 Å². The fourth-order valence-corrected chi connectivity index (χ4v) is 2.10. The summed E-state index contributed by atoms with van der Waals surface area (Å²) in [7, 11) is 0. The maximum absolute atomic E-state index is 13.5. The SMILES string of the molecule is Oc1ccc(Br)cc1CNc1ccc(OC(F)F)c(F)c1. The molecular weight excluding hydrogens is 351 g/mol. The number of aromatic hydroxyl groups is 1. The van der Waals surface area contributed by atoms with E-state index in [2.05, 4.69) is 26.0 Å². The monoisotopic (exact) mass is 361 g/mol. The third-order valence-electron chi connectivity index (χ3n) is 2.67. The summed E-state index contributed by atoms with van der Waals surface area (Å²) in [4.78, 5) is 0. The second kappa shape index (κ2) is 6.71. The minimum Gasteiger partial charge on any atom is -0.508 e. The van der Waals surface area contributed by atoms with Gasteiger partial charge in [-0.2, -0.15) is 8.78 Å². The lowest BCUT2D eigenvalue weighted by atomic mass is 10.2. The summed E-state index contributed by atoms with van der Waals surface area (Å²) in [5.74, 6) is -1.30. The molecule has 2 N–H and O–H groups in total. The molecule has 0 aromatic heterocycles. The van der Waals surface area contributed by atoms with Crippen molar-refractivity contribution >= 4 is 21.6 Å². The van der Waals surface area contributed by atoms with E-state index in [1.165, 1.54) is 12.1 Å². The minimum atomic E-state index is -3.07. The van der Waals surface area contributed by atoms with Gasteiger partial charge in [-0.3, -0.25) is 0 Å². The van der Waals surface area contributed by atoms with Gasteiger partial charge in [0.15, 0.2) is 11.6 Å². The van der Waals surface area contributed by atoms with Crippen LogP contribution in [0.2, 0.25) is 0 Å². The van der Waals surface area contributed by atoms with E-state index in [0.717, 1.165) is 16.6 Å². The number of alkyl halides is 2. The molecule has 0 saturated carbocycles. The maximum atomic E-state index is 13.5. The molecule has 3 nitrogen and oxygen atoms in total. The summed E-state index contributed by atoms with van der Waals surface area (Å²) in [6.45, 7) is -2.82. The number of anilines is 1. The van der Waals surface area contributed by atoms with Crippen molar-refractivity contribution in [3.05, 3.63) is 52.3 Å². The van der Waals surface area contributed by atoms with Gasteiger partial charge in [-0.25, -0.2) is 4.39 Å². The number of rotatable bonds is 5. The van der Waals surface area contributed by atoms with Crippen molar-refractivity contribution in [2.24, 2.45) is 0 Å². The summed E-state index contributed by atoms with van der Waals surface area (Å²) < 4.78 is 42.4. The molecule has 7 heteroatoms. The van der Waals surface area contributed by atoms with Gasteiger partial charge in [0.2, 0.25) is 0 Å². The van der Waals surface area contributed by atoms with Crippen LogP contribution in [-0.2, 0) is 6.54 Å². The van der Waals surface area contributed by atoms with Gasteiger partial charge in [-0.05, 0) is 30.3 Å². The van der Waals surface area contributed by atoms with Gasteiger partial charge >= 0.3 is 6.61 Å². The second-order valence-electron chi connectivity index (χ2n) is 4.15. The molecule has 21 heavy (non-hydrogen) atoms. The Bertz CT molecular complexity index is 638. The molecule has 0 aliphatic carbocycles. The van der Waals surface area contributed by atoms with Crippen molar-refractivity contribution in [3.8, 4) is 11.5 Å². The van der Waals surface area contributed by atoms with Gasteiger partial charge < -0.3 is 15.2 Å². The lowest BCUT2D eigenvalue weighted by Gasteiger charge is -2.11. The molecule has 0 saturated heterocycles. The molecule has 0 radical (unpaired) electrons. The van der Waals surface area contributed by atoms with Gasteiger partial charge in [0.25, 0.3) is 0 Å². The fraction of sp³-hybridized carbons (Fsp3) is 0.143. The molecule has 0 unspecified atom stereocenters. The maximum Gasteiger partial charge on any atom is 0.387 e. The van der Waals surface area contributed by atoms with Crippen LogP contribution < -0.4 is 10.1 Å². The highest BCUT2D eigenvalue weighted by Crippen LogP contribution is 2.25. The molecule has 2 rings (SSSR count). The summed E-state index contributed by atoms with van der Waals surface area (Å²) in [5.41, 5.74) is 0.992. The highest BCUT2D eigenvalue weighted by Gasteiger charge is 2.10. The van der Waals surface area contributed by atoms with Crippen LogP contribution in [0.1, 0.15) is 5.56 Å². The molecule has 2 aromatic carbocycles. The van der Waals surface area contributed by atoms with Gasteiger partial charge in [0, 0.05) is 28.3 Å². The smallest absolute Gasteiger partial charge is 0.387 e. The quantitative estimate of drug-likeness (QED) is 0.823. The van der Waals surface area contributed by atoms with Crippen molar-refractivity contribution < 1.29 is 23.0 Å². The topological polar surface area (TPSA) is 41.5 Å². The van der Waals surface area contributed by atoms with Crippen molar-refractivity contribution in [1.82, 2.24) is 0 Å². The molecule has 0 spiro atoms. The Morgan fingerprint density at radius 1 is 1.19 bits per heavy atom. The normalized spacial score (nSPS) is 10.7. The number of benzene rings is 2. The molecule has 0 atom stereocenters. The lowest BCUT2D eigenvalue weighted by Crippen LogP contribution is -2.05. The Labute approximate surface area is 127 Å². The Morgan fingerprint density at radius 2 is 1.95 bits per heavy atom. The van der Waals surface area contributed by atoms with E-state index in [0.29, 0.717) is 11.3 Å². The van der Waals surface area contributed by atoms with Crippen molar-refractivity contribution in [1.29, 1.82) is 0 Å². The molecule has 112 valence electrons. The number of ether oxygens (including phenoxy) is 1. The highest BCUT2D eigenvalue weighted by molar-refractivity contribution is 9.10. The van der Waals surface area contributed by atoms with E-state index in [1.807, 2.05) is 0 Å². The fourth-order valence-electron chi connectivity index (χ4n) is 1.70. The van der Waals surface area contributed by atoms with E-state index in [-0.39, 0.29) is 12.3 Å². The van der Waals surface area contributed by atoms with Crippen LogP contribution in [0.3, 0.4) is 0 Å². The van der Waals surface area contributed by atoms with E-state index < -0.39 is 18.2 Å². The van der Waals surface area contributed by atoms with Crippen LogP contribution >= 0.6 is 15.9 Å². The van der Waals surface area contributed by atoms with E-state index in [9.17, 15) is 18.3 Å². The first-order valence-corrected chi connectivity index (χ1v) is 6.70. The third kappa shape index (κ3) is 4.29. The first-order valence-electron chi connectivity index (χ1n) is 5.91. The van der Waals surface area contributed by atoms with Crippen LogP contribution in [-0.4, -0.2) is 11.7 Å². The average Bonchev–Trinajstić information content (AvgIpc) is 2.42. The number of halogens is 4. The van der Waals surface area contributed by atoms with Crippen LogP contribution in [0, 0.1) is 5.82 Å². The predicted octanol–water partition coefficient (Wildman–Crippen LogP) is 4.51. The van der Waals surface area contributed by atoms with E-state index >= 15 is 0 Å². The average molecular weight is 362 g/mol. The van der Waals surface area contributed by atoms with Gasteiger partial charge in [0.1, 0.15) is 5.75 Å². The largest absolute Gasteiger partial charge is 0.508 e. The standard InChI is InChI=1S/C14H11BrF3NO2/c15-9-1-3-12(20)8(5-9)7-19-10-2-4-13(11(16)6-10)21-14(17)18/h1-6,14,19-20H,7H2. The van der Waals surface area contributed by atoms with Crippen molar-refractivity contribution in [2.75, 3.05) is 5.32 Å². The summed E-state index contributed by atoms with van der Waals surface area (Å²) in [5, 5.41) is 12.6. The van der Waals surface area contributed by atoms with Gasteiger partial charge in [0.05, 0.1) is 0 Å². The molecule has 0 fully saturated rings. The Kier molecular flexibility index (Phi) is 4.95. The number of hydrogen-bond acceptors (Lipinski definition) is 3. The first kappa shape index (κ1) is 15.5. The highest BCUT2D eigenvalue weighted by atomic mass is 79.9. The zero-order chi connectivity index (χ0) is 15.4. The molecular formula is C14H11BrF3NO2. The predicted molar refractivity (Wildman–Crippen MR) is 76.2 cm³/mol. The van der Waals surface area contributed by atoms with Gasteiger partial charge in [-0.1, -0.05) is 15.9 Å². The zero-order valence-corrected chi connectivity index (χ0v) is 12.2. The van der Waals surface area contributed by atoms with E-state index in [1.54, 1.807) is 12.1 Å². The molecule has 0 aliphatic heterocycles. The van der Waals surface area contributed by atoms with Crippen LogP contribution in [0.4, 0.5) is 18.9 Å². The summed E-state index contributed by atoms with van der Waals surface area (Å²) >= 11 is 3.28. The minimum absolute atomic E-state index is 0.101. The number of phenols is 1. The van der Waals surface area contributed by atoms with E-state index in [4.69, 9.17) is 0 Å².